The molecule has 4 heteroatoms. The van der Waals surface area contributed by atoms with Crippen molar-refractivity contribution in [2.75, 3.05) is 54.4 Å². The van der Waals surface area contributed by atoms with Crippen molar-refractivity contribution in [3.8, 4) is 0 Å². The molecule has 4 nitrogen and oxygen atoms in total. The second-order valence-electron chi connectivity index (χ2n) is 7.64. The van der Waals surface area contributed by atoms with E-state index in [0.29, 0.717) is 13.1 Å². The maximum absolute atomic E-state index is 11.3. The van der Waals surface area contributed by atoms with Gasteiger partial charge in [0.2, 0.25) is 0 Å². The zero-order valence-electron chi connectivity index (χ0n) is 14.7. The van der Waals surface area contributed by atoms with Crippen LogP contribution in [0.2, 0.25) is 0 Å². The molecule has 0 aliphatic rings. The SMILES string of the molecule is CC(=O)C[N+](C)(C)CCC[N+](C)(C)CC(O)c1ccccc1. The minimum absolute atomic E-state index is 0.234. The Kier molecular flexibility index (Phi) is 6.72. The second-order valence-corrected chi connectivity index (χ2v) is 7.64. The Morgan fingerprint density at radius 2 is 1.59 bits per heavy atom. The van der Waals surface area contributed by atoms with Gasteiger partial charge in [0.1, 0.15) is 19.2 Å². The number of likely N-dealkylation sites (N-methyl/N-ethyl adjacent to an activating group) is 2. The van der Waals surface area contributed by atoms with Crippen molar-refractivity contribution in [3.63, 3.8) is 0 Å². The summed E-state index contributed by atoms with van der Waals surface area (Å²) in [4.78, 5) is 11.3. The third kappa shape index (κ3) is 7.16. The number of hydrogen-bond donors (Lipinski definition) is 1. The van der Waals surface area contributed by atoms with Gasteiger partial charge in [0.25, 0.3) is 0 Å². The summed E-state index contributed by atoms with van der Waals surface area (Å²) >= 11 is 0. The number of Topliss-reactive ketones (excluding diaryl/α,β-unsaturated/α-hetero) is 1. The van der Waals surface area contributed by atoms with E-state index in [1.165, 1.54) is 0 Å². The second kappa shape index (κ2) is 7.86. The number of benzene rings is 1. The van der Waals surface area contributed by atoms with Crippen LogP contribution >= 0.6 is 0 Å². The molecule has 0 saturated carbocycles. The fourth-order valence-electron chi connectivity index (χ4n) is 2.95. The number of carbonyl (C=O) groups excluding carboxylic acids is 1. The highest BCUT2D eigenvalue weighted by Gasteiger charge is 2.24. The molecule has 0 amide bonds. The number of carbonyl (C=O) groups is 1. The minimum atomic E-state index is -0.434. The molecule has 1 aromatic rings. The van der Waals surface area contributed by atoms with Crippen LogP contribution in [0.1, 0.15) is 25.0 Å². The predicted octanol–water partition coefficient (Wildman–Crippen LogP) is 1.85. The zero-order valence-corrected chi connectivity index (χ0v) is 14.7. The van der Waals surface area contributed by atoms with Gasteiger partial charge in [-0.05, 0) is 5.56 Å². The summed E-state index contributed by atoms with van der Waals surface area (Å²) in [5.74, 6) is 0.234. The molecule has 1 aromatic carbocycles. The van der Waals surface area contributed by atoms with E-state index < -0.39 is 6.10 Å². The van der Waals surface area contributed by atoms with Crippen LogP contribution in [0.3, 0.4) is 0 Å². The van der Waals surface area contributed by atoms with Gasteiger partial charge in [-0.2, -0.15) is 0 Å². The zero-order chi connectivity index (χ0) is 16.8. The van der Waals surface area contributed by atoms with Crippen molar-refractivity contribution in [1.29, 1.82) is 0 Å². The Labute approximate surface area is 135 Å². The average molecular weight is 308 g/mol. The lowest BCUT2D eigenvalue weighted by atomic mass is 10.1. The van der Waals surface area contributed by atoms with Gasteiger partial charge in [-0.3, -0.25) is 4.79 Å². The Bertz CT molecular complexity index is 469. The van der Waals surface area contributed by atoms with Gasteiger partial charge in [-0.15, -0.1) is 0 Å². The summed E-state index contributed by atoms with van der Waals surface area (Å²) in [6, 6.07) is 9.82. The molecule has 0 aliphatic carbocycles. The molecule has 0 aliphatic heterocycles. The molecule has 22 heavy (non-hydrogen) atoms. The van der Waals surface area contributed by atoms with E-state index in [4.69, 9.17) is 0 Å². The molecule has 0 heterocycles. The summed E-state index contributed by atoms with van der Waals surface area (Å²) in [6.45, 7) is 4.90. The van der Waals surface area contributed by atoms with Gasteiger partial charge in [0, 0.05) is 13.3 Å². The van der Waals surface area contributed by atoms with E-state index in [1.807, 2.05) is 30.3 Å². The van der Waals surface area contributed by atoms with E-state index >= 15 is 0 Å². The van der Waals surface area contributed by atoms with Gasteiger partial charge in [0.15, 0.2) is 5.78 Å². The number of nitrogens with zero attached hydrogens (tertiary/aromatic N) is 2. The lowest BCUT2D eigenvalue weighted by Gasteiger charge is -2.34. The standard InChI is InChI=1S/C18H32N2O2/c1-16(21)14-19(2,3)12-9-13-20(4,5)15-18(22)17-10-7-6-8-11-17/h6-8,10-11,18,22H,9,12-15H2,1-5H3/q+2. The summed E-state index contributed by atoms with van der Waals surface area (Å²) in [6.07, 6.45) is 0.602. The van der Waals surface area contributed by atoms with Crippen molar-refractivity contribution in [2.24, 2.45) is 0 Å². The van der Waals surface area contributed by atoms with Gasteiger partial charge in [0.05, 0.1) is 41.3 Å². The van der Waals surface area contributed by atoms with Gasteiger partial charge >= 0.3 is 0 Å². The molecule has 0 radical (unpaired) electrons. The largest absolute Gasteiger partial charge is 0.382 e. The van der Waals surface area contributed by atoms with Crippen molar-refractivity contribution < 1.29 is 18.9 Å². The molecule has 1 unspecified atom stereocenters. The number of hydrogen-bond acceptors (Lipinski definition) is 2. The Hall–Kier alpha value is -1.23. The maximum atomic E-state index is 11.3. The van der Waals surface area contributed by atoms with Crippen LogP contribution in [0, 0.1) is 0 Å². The highest BCUT2D eigenvalue weighted by molar-refractivity contribution is 5.76. The van der Waals surface area contributed by atoms with E-state index in [-0.39, 0.29) is 5.78 Å². The third-order valence-electron chi connectivity index (χ3n) is 4.03. The molecule has 1 atom stereocenters. The quantitative estimate of drug-likeness (QED) is 0.707. The highest BCUT2D eigenvalue weighted by atomic mass is 16.3. The van der Waals surface area contributed by atoms with Crippen molar-refractivity contribution in [3.05, 3.63) is 35.9 Å². The first-order chi connectivity index (χ1) is 10.1. The van der Waals surface area contributed by atoms with Crippen LogP contribution in [-0.4, -0.2) is 74.2 Å². The lowest BCUT2D eigenvalue weighted by molar-refractivity contribution is -0.908. The number of ketones is 1. The fraction of sp³-hybridized carbons (Fsp3) is 0.611. The number of aliphatic hydroxyl groups excluding tert-OH is 1. The van der Waals surface area contributed by atoms with Crippen LogP contribution < -0.4 is 0 Å². The van der Waals surface area contributed by atoms with E-state index in [2.05, 4.69) is 28.2 Å². The van der Waals surface area contributed by atoms with Gasteiger partial charge in [-0.1, -0.05) is 30.3 Å². The van der Waals surface area contributed by atoms with E-state index in [0.717, 1.165) is 34.0 Å². The molecule has 1 rings (SSSR count). The summed E-state index contributed by atoms with van der Waals surface area (Å²) < 4.78 is 1.51. The average Bonchev–Trinajstić information content (AvgIpc) is 2.36. The van der Waals surface area contributed by atoms with Crippen LogP contribution in [0.25, 0.3) is 0 Å². The van der Waals surface area contributed by atoms with Gasteiger partial charge in [-0.25, -0.2) is 0 Å². The molecular weight excluding hydrogens is 276 g/mol. The molecule has 124 valence electrons. The third-order valence-corrected chi connectivity index (χ3v) is 4.03. The molecule has 0 aromatic heterocycles. The highest BCUT2D eigenvalue weighted by Crippen LogP contribution is 2.16. The minimum Gasteiger partial charge on any atom is -0.382 e. The van der Waals surface area contributed by atoms with Crippen LogP contribution in [0.15, 0.2) is 30.3 Å². The monoisotopic (exact) mass is 308 g/mol. The normalized spacial score (nSPS) is 13.9. The van der Waals surface area contributed by atoms with Crippen molar-refractivity contribution in [2.45, 2.75) is 19.4 Å². The summed E-state index contributed by atoms with van der Waals surface area (Å²) in [7, 11) is 8.49. The Morgan fingerprint density at radius 1 is 1.05 bits per heavy atom. The first-order valence-electron chi connectivity index (χ1n) is 7.98. The van der Waals surface area contributed by atoms with Gasteiger partial charge < -0.3 is 14.1 Å². The first kappa shape index (κ1) is 18.8. The molecule has 0 spiro atoms. The lowest BCUT2D eigenvalue weighted by Crippen LogP contribution is -2.48. The molecular formula is C18H32N2O2+2. The number of rotatable bonds is 9. The van der Waals surface area contributed by atoms with Crippen LogP contribution in [-0.2, 0) is 4.79 Å². The topological polar surface area (TPSA) is 37.3 Å². The predicted molar refractivity (Wildman–Crippen MR) is 90.4 cm³/mol. The number of aliphatic hydroxyl groups is 1. The van der Waals surface area contributed by atoms with Crippen LogP contribution in [0.5, 0.6) is 0 Å². The number of quaternary nitrogens is 2. The molecule has 0 fully saturated rings. The first-order valence-corrected chi connectivity index (χ1v) is 7.98. The van der Waals surface area contributed by atoms with Crippen molar-refractivity contribution >= 4 is 5.78 Å². The van der Waals surface area contributed by atoms with Crippen molar-refractivity contribution in [1.82, 2.24) is 0 Å². The van der Waals surface area contributed by atoms with Crippen LogP contribution in [0.4, 0.5) is 0 Å². The smallest absolute Gasteiger partial charge is 0.183 e. The Morgan fingerprint density at radius 3 is 2.14 bits per heavy atom. The van der Waals surface area contributed by atoms with E-state index in [1.54, 1.807) is 6.92 Å². The summed E-state index contributed by atoms with van der Waals surface area (Å²) in [5.41, 5.74) is 0.974. The fourth-order valence-corrected chi connectivity index (χ4v) is 2.95. The molecule has 0 bridgehead atoms. The molecule has 0 saturated heterocycles. The van der Waals surface area contributed by atoms with E-state index in [9.17, 15) is 9.90 Å². The molecule has 1 N–H and O–H groups in total. The summed E-state index contributed by atoms with van der Waals surface area (Å²) in [5, 5.41) is 10.4. The Balaban J connectivity index is 2.45. The maximum Gasteiger partial charge on any atom is 0.183 e.